The van der Waals surface area contributed by atoms with E-state index in [0.29, 0.717) is 6.42 Å². The largest absolute Gasteiger partial charge is 0.207 e. The van der Waals surface area contributed by atoms with Gasteiger partial charge in [-0.05, 0) is 29.2 Å². The number of hydrogen-bond acceptors (Lipinski definition) is 1. The summed E-state index contributed by atoms with van der Waals surface area (Å²) in [7, 11) is 0. The highest BCUT2D eigenvalue weighted by atomic mass is 32.2. The van der Waals surface area contributed by atoms with E-state index in [1.54, 1.807) is 11.8 Å². The van der Waals surface area contributed by atoms with Crippen LogP contribution in [0, 0.1) is 0 Å². The van der Waals surface area contributed by atoms with Crippen LogP contribution >= 0.6 is 11.8 Å². The minimum Gasteiger partial charge on any atom is -0.207 e. The Morgan fingerprint density at radius 2 is 2.22 bits per heavy atom. The minimum absolute atomic E-state index is 0.303. The van der Waals surface area contributed by atoms with Crippen molar-refractivity contribution in [1.82, 2.24) is 0 Å². The first-order valence-corrected chi connectivity index (χ1v) is 7.15. The molecular weight excluding hydrogens is 243 g/mol. The van der Waals surface area contributed by atoms with E-state index >= 15 is 0 Å². The SMILES string of the molecule is C=C(F)C1=C(/C=C\CC)CSc2ccccc2C1. The zero-order valence-corrected chi connectivity index (χ0v) is 11.4. The second kappa shape index (κ2) is 6.05. The number of hydrogen-bond donors (Lipinski definition) is 0. The normalized spacial score (nSPS) is 15.7. The summed E-state index contributed by atoms with van der Waals surface area (Å²) in [4.78, 5) is 1.25. The Labute approximate surface area is 112 Å². The van der Waals surface area contributed by atoms with Gasteiger partial charge in [-0.1, -0.05) is 43.9 Å². The first-order chi connectivity index (χ1) is 8.72. The average molecular weight is 260 g/mol. The summed E-state index contributed by atoms with van der Waals surface area (Å²) >= 11 is 1.77. The Balaban J connectivity index is 2.39. The van der Waals surface area contributed by atoms with Gasteiger partial charge < -0.3 is 0 Å². The molecular formula is C16H17FS. The lowest BCUT2D eigenvalue weighted by Gasteiger charge is -2.07. The van der Waals surface area contributed by atoms with Crippen molar-refractivity contribution in [3.8, 4) is 0 Å². The van der Waals surface area contributed by atoms with Crippen LogP contribution < -0.4 is 0 Å². The third-order valence-electron chi connectivity index (χ3n) is 2.99. The molecule has 0 spiro atoms. The monoisotopic (exact) mass is 260 g/mol. The van der Waals surface area contributed by atoms with Crippen LogP contribution in [0.1, 0.15) is 18.9 Å². The molecule has 0 saturated heterocycles. The Morgan fingerprint density at radius 3 is 2.94 bits per heavy atom. The van der Waals surface area contributed by atoms with Crippen molar-refractivity contribution in [2.75, 3.05) is 5.75 Å². The van der Waals surface area contributed by atoms with Crippen molar-refractivity contribution >= 4 is 11.8 Å². The third kappa shape index (κ3) is 2.94. The summed E-state index contributed by atoms with van der Waals surface area (Å²) in [6.07, 6.45) is 5.73. The van der Waals surface area contributed by atoms with Crippen molar-refractivity contribution < 1.29 is 4.39 Å². The molecule has 0 aliphatic carbocycles. The predicted molar refractivity (Wildman–Crippen MR) is 77.6 cm³/mol. The van der Waals surface area contributed by atoms with Gasteiger partial charge in [0.25, 0.3) is 0 Å². The Hall–Kier alpha value is -1.28. The molecule has 18 heavy (non-hydrogen) atoms. The highest BCUT2D eigenvalue weighted by Gasteiger charge is 2.16. The highest BCUT2D eigenvalue weighted by molar-refractivity contribution is 7.99. The molecule has 0 N–H and O–H groups in total. The van der Waals surface area contributed by atoms with Gasteiger partial charge in [-0.25, -0.2) is 4.39 Å². The van der Waals surface area contributed by atoms with Gasteiger partial charge in [0.05, 0.1) is 0 Å². The van der Waals surface area contributed by atoms with Crippen LogP contribution in [-0.4, -0.2) is 5.75 Å². The Morgan fingerprint density at radius 1 is 1.44 bits per heavy atom. The number of fused-ring (bicyclic) bond motifs is 1. The summed E-state index contributed by atoms with van der Waals surface area (Å²) in [6, 6.07) is 8.20. The molecule has 1 aromatic carbocycles. The van der Waals surface area contributed by atoms with Gasteiger partial charge in [-0.15, -0.1) is 11.8 Å². The molecule has 2 rings (SSSR count). The van der Waals surface area contributed by atoms with E-state index in [2.05, 4.69) is 31.7 Å². The summed E-state index contributed by atoms with van der Waals surface area (Å²) in [5.41, 5.74) is 3.00. The molecule has 0 atom stereocenters. The van der Waals surface area contributed by atoms with Crippen LogP contribution in [0.5, 0.6) is 0 Å². The molecule has 0 nitrogen and oxygen atoms in total. The second-order valence-electron chi connectivity index (χ2n) is 4.29. The number of thioether (sulfide) groups is 1. The smallest absolute Gasteiger partial charge is 0.119 e. The summed E-state index contributed by atoms with van der Waals surface area (Å²) < 4.78 is 13.6. The molecule has 0 fully saturated rings. The van der Waals surface area contributed by atoms with Crippen LogP contribution in [0.2, 0.25) is 0 Å². The molecule has 1 heterocycles. The zero-order chi connectivity index (χ0) is 13.0. The van der Waals surface area contributed by atoms with Gasteiger partial charge in [-0.3, -0.25) is 0 Å². The van der Waals surface area contributed by atoms with Crippen molar-refractivity contribution in [2.24, 2.45) is 0 Å². The summed E-state index contributed by atoms with van der Waals surface area (Å²) in [5, 5.41) is 0. The number of halogens is 1. The standard InChI is InChI=1S/C16H17FS/c1-3-4-7-14-11-18-16-9-6-5-8-13(16)10-15(14)12(2)17/h4-9H,2-3,10-11H2,1H3/b7-4-. The maximum atomic E-state index is 13.6. The lowest BCUT2D eigenvalue weighted by Crippen LogP contribution is -1.95. The van der Waals surface area contributed by atoms with Crippen LogP contribution in [-0.2, 0) is 6.42 Å². The van der Waals surface area contributed by atoms with E-state index < -0.39 is 0 Å². The van der Waals surface area contributed by atoms with E-state index in [1.807, 2.05) is 18.2 Å². The molecule has 0 bridgehead atoms. The maximum Gasteiger partial charge on any atom is 0.119 e. The maximum absolute atomic E-state index is 13.6. The van der Waals surface area contributed by atoms with Crippen LogP contribution in [0.15, 0.2) is 64.9 Å². The van der Waals surface area contributed by atoms with Crippen LogP contribution in [0.25, 0.3) is 0 Å². The van der Waals surface area contributed by atoms with Gasteiger partial charge in [0.15, 0.2) is 0 Å². The first kappa shape index (κ1) is 13.2. The predicted octanol–water partition coefficient (Wildman–Crippen LogP) is 5.08. The van der Waals surface area contributed by atoms with E-state index in [4.69, 9.17) is 0 Å². The molecule has 1 aromatic rings. The topological polar surface area (TPSA) is 0 Å². The van der Waals surface area contributed by atoms with E-state index in [-0.39, 0.29) is 5.83 Å². The number of benzene rings is 1. The molecule has 0 aromatic heterocycles. The van der Waals surface area contributed by atoms with Crippen LogP contribution in [0.3, 0.4) is 0 Å². The summed E-state index contributed by atoms with van der Waals surface area (Å²) in [5.74, 6) is 0.509. The van der Waals surface area contributed by atoms with Crippen molar-refractivity contribution in [2.45, 2.75) is 24.7 Å². The van der Waals surface area contributed by atoms with E-state index in [9.17, 15) is 4.39 Å². The van der Waals surface area contributed by atoms with E-state index in [1.165, 1.54) is 10.5 Å². The molecule has 0 saturated carbocycles. The Bertz CT molecular complexity index is 512. The third-order valence-corrected chi connectivity index (χ3v) is 4.16. The molecule has 0 unspecified atom stereocenters. The Kier molecular flexibility index (Phi) is 4.43. The molecule has 0 amide bonds. The van der Waals surface area contributed by atoms with Gasteiger partial charge in [0.2, 0.25) is 0 Å². The fourth-order valence-corrected chi connectivity index (χ4v) is 3.10. The van der Waals surface area contributed by atoms with Crippen molar-refractivity contribution in [3.05, 3.63) is 65.5 Å². The van der Waals surface area contributed by atoms with E-state index in [0.717, 1.165) is 23.3 Å². The van der Waals surface area contributed by atoms with Gasteiger partial charge in [0, 0.05) is 17.1 Å². The first-order valence-electron chi connectivity index (χ1n) is 6.16. The average Bonchev–Trinajstić information content (AvgIpc) is 2.56. The van der Waals surface area contributed by atoms with Crippen molar-refractivity contribution in [3.63, 3.8) is 0 Å². The number of rotatable bonds is 3. The lowest BCUT2D eigenvalue weighted by molar-refractivity contribution is 0.647. The quantitative estimate of drug-likeness (QED) is 0.730. The lowest BCUT2D eigenvalue weighted by atomic mass is 9.99. The van der Waals surface area contributed by atoms with Gasteiger partial charge in [-0.2, -0.15) is 0 Å². The second-order valence-corrected chi connectivity index (χ2v) is 5.31. The molecule has 94 valence electrons. The summed E-state index contributed by atoms with van der Waals surface area (Å²) in [6.45, 7) is 5.57. The van der Waals surface area contributed by atoms with Gasteiger partial charge >= 0.3 is 0 Å². The fourth-order valence-electron chi connectivity index (χ4n) is 2.02. The van der Waals surface area contributed by atoms with Crippen LogP contribution in [0.4, 0.5) is 4.39 Å². The molecule has 1 aliphatic heterocycles. The molecule has 2 heteroatoms. The van der Waals surface area contributed by atoms with Gasteiger partial charge in [0.1, 0.15) is 5.83 Å². The van der Waals surface area contributed by atoms with Crippen molar-refractivity contribution in [1.29, 1.82) is 0 Å². The minimum atomic E-state index is -0.303. The number of allylic oxidation sites excluding steroid dienone is 4. The highest BCUT2D eigenvalue weighted by Crippen LogP contribution is 2.34. The molecule has 1 aliphatic rings. The molecule has 0 radical (unpaired) electrons. The zero-order valence-electron chi connectivity index (χ0n) is 10.6. The fraction of sp³-hybridized carbons (Fsp3) is 0.250.